The van der Waals surface area contributed by atoms with Crippen molar-refractivity contribution >= 4 is 5.91 Å². The summed E-state index contributed by atoms with van der Waals surface area (Å²) in [5.41, 5.74) is 1.56. The summed E-state index contributed by atoms with van der Waals surface area (Å²) < 4.78 is 11.0. The summed E-state index contributed by atoms with van der Waals surface area (Å²) in [6, 6.07) is 16.7. The maximum Gasteiger partial charge on any atom is 0.257 e. The van der Waals surface area contributed by atoms with Gasteiger partial charge in [-0.2, -0.15) is 5.26 Å². The molecule has 0 unspecified atom stereocenters. The van der Waals surface area contributed by atoms with Gasteiger partial charge in [0.2, 0.25) is 0 Å². The van der Waals surface area contributed by atoms with Crippen molar-refractivity contribution in [1.82, 2.24) is 5.32 Å². The lowest BCUT2D eigenvalue weighted by Gasteiger charge is -2.09. The van der Waals surface area contributed by atoms with E-state index in [2.05, 4.69) is 5.32 Å². The molecule has 2 rings (SSSR count). The summed E-state index contributed by atoms with van der Waals surface area (Å²) >= 11 is 0. The molecular formula is C19H20N2O3. The van der Waals surface area contributed by atoms with Crippen molar-refractivity contribution in [3.63, 3.8) is 0 Å². The molecule has 0 aliphatic carbocycles. The van der Waals surface area contributed by atoms with Gasteiger partial charge in [-0.1, -0.05) is 24.3 Å². The number of nitrogens with one attached hydrogen (secondary N) is 1. The van der Waals surface area contributed by atoms with E-state index in [-0.39, 0.29) is 12.5 Å². The fraction of sp³-hybridized carbons (Fsp3) is 0.263. The Bertz CT molecular complexity index is 723. The predicted octanol–water partition coefficient (Wildman–Crippen LogP) is 2.83. The first-order chi connectivity index (χ1) is 11.7. The third-order valence-corrected chi connectivity index (χ3v) is 3.27. The summed E-state index contributed by atoms with van der Waals surface area (Å²) in [6.07, 6.45) is 0.703. The van der Waals surface area contributed by atoms with Gasteiger partial charge in [-0.15, -0.1) is 0 Å². The quantitative estimate of drug-likeness (QED) is 0.758. The second-order valence-electron chi connectivity index (χ2n) is 5.27. The van der Waals surface area contributed by atoms with Gasteiger partial charge in [-0.25, -0.2) is 0 Å². The Labute approximate surface area is 141 Å². The maximum atomic E-state index is 11.7. The zero-order chi connectivity index (χ0) is 17.2. The van der Waals surface area contributed by atoms with Gasteiger partial charge in [0, 0.05) is 6.54 Å². The van der Waals surface area contributed by atoms with Crippen LogP contribution < -0.4 is 14.8 Å². The van der Waals surface area contributed by atoms with Crippen LogP contribution in [0.15, 0.2) is 48.5 Å². The topological polar surface area (TPSA) is 71.3 Å². The molecule has 2 aromatic carbocycles. The minimum atomic E-state index is -0.224. The van der Waals surface area contributed by atoms with E-state index in [9.17, 15) is 4.79 Å². The number of para-hydroxylation sites is 1. The Hall–Kier alpha value is -3.00. The molecule has 2 aromatic rings. The average molecular weight is 324 g/mol. The molecule has 0 aliphatic heterocycles. The Balaban J connectivity index is 1.62. The molecular weight excluding hydrogens is 304 g/mol. The standard InChI is InChI=1S/C19H20N2O3/c1-15-6-4-8-17(12-15)23-11-5-10-21-19(22)14-24-18-9-3-2-7-16(18)13-20/h2-4,6-9,12H,5,10-11,14H2,1H3,(H,21,22). The van der Waals surface area contributed by atoms with Crippen LogP contribution in [0.2, 0.25) is 0 Å². The summed E-state index contributed by atoms with van der Waals surface area (Å²) in [5, 5.41) is 11.7. The van der Waals surface area contributed by atoms with Crippen molar-refractivity contribution in [2.24, 2.45) is 0 Å². The smallest absolute Gasteiger partial charge is 0.257 e. The molecule has 0 heterocycles. The Kier molecular flexibility index (Phi) is 6.66. The molecule has 1 N–H and O–H groups in total. The van der Waals surface area contributed by atoms with Crippen molar-refractivity contribution in [3.8, 4) is 17.6 Å². The van der Waals surface area contributed by atoms with E-state index >= 15 is 0 Å². The van der Waals surface area contributed by atoms with Gasteiger partial charge in [-0.3, -0.25) is 4.79 Å². The van der Waals surface area contributed by atoms with Crippen LogP contribution >= 0.6 is 0 Å². The normalized spacial score (nSPS) is 9.83. The minimum Gasteiger partial charge on any atom is -0.494 e. The van der Waals surface area contributed by atoms with Gasteiger partial charge in [-0.05, 0) is 43.2 Å². The van der Waals surface area contributed by atoms with Gasteiger partial charge < -0.3 is 14.8 Å². The molecule has 0 bridgehead atoms. The fourth-order valence-electron chi connectivity index (χ4n) is 2.07. The zero-order valence-corrected chi connectivity index (χ0v) is 13.6. The van der Waals surface area contributed by atoms with E-state index in [4.69, 9.17) is 14.7 Å². The number of nitrogens with zero attached hydrogens (tertiary/aromatic N) is 1. The average Bonchev–Trinajstić information content (AvgIpc) is 2.60. The van der Waals surface area contributed by atoms with Crippen LogP contribution in [-0.4, -0.2) is 25.7 Å². The maximum absolute atomic E-state index is 11.7. The highest BCUT2D eigenvalue weighted by molar-refractivity contribution is 5.77. The van der Waals surface area contributed by atoms with E-state index in [1.54, 1.807) is 24.3 Å². The highest BCUT2D eigenvalue weighted by Crippen LogP contribution is 2.16. The van der Waals surface area contributed by atoms with Gasteiger partial charge in [0.1, 0.15) is 17.6 Å². The molecule has 0 radical (unpaired) electrons. The van der Waals surface area contributed by atoms with Gasteiger partial charge in [0.25, 0.3) is 5.91 Å². The lowest BCUT2D eigenvalue weighted by atomic mass is 10.2. The van der Waals surface area contributed by atoms with E-state index in [0.717, 1.165) is 11.3 Å². The Morgan fingerprint density at radius 1 is 1.17 bits per heavy atom. The molecule has 1 amide bonds. The molecule has 0 spiro atoms. The molecule has 24 heavy (non-hydrogen) atoms. The lowest BCUT2D eigenvalue weighted by molar-refractivity contribution is -0.123. The van der Waals surface area contributed by atoms with Crippen molar-refractivity contribution in [2.75, 3.05) is 19.8 Å². The summed E-state index contributed by atoms with van der Waals surface area (Å²) in [6.45, 7) is 2.94. The van der Waals surface area contributed by atoms with E-state index < -0.39 is 0 Å². The molecule has 0 fully saturated rings. The molecule has 124 valence electrons. The van der Waals surface area contributed by atoms with Crippen molar-refractivity contribution in [1.29, 1.82) is 5.26 Å². The third-order valence-electron chi connectivity index (χ3n) is 3.27. The first-order valence-corrected chi connectivity index (χ1v) is 7.77. The number of rotatable bonds is 8. The van der Waals surface area contributed by atoms with Crippen LogP contribution in [-0.2, 0) is 4.79 Å². The second kappa shape index (κ2) is 9.21. The largest absolute Gasteiger partial charge is 0.494 e. The van der Waals surface area contributed by atoms with Crippen molar-refractivity contribution < 1.29 is 14.3 Å². The van der Waals surface area contributed by atoms with Crippen LogP contribution in [0.3, 0.4) is 0 Å². The van der Waals surface area contributed by atoms with Crippen LogP contribution in [0.25, 0.3) is 0 Å². The van der Waals surface area contributed by atoms with E-state index in [1.165, 1.54) is 0 Å². The lowest BCUT2D eigenvalue weighted by Crippen LogP contribution is -2.30. The van der Waals surface area contributed by atoms with E-state index in [1.807, 2.05) is 37.3 Å². The predicted molar refractivity (Wildman–Crippen MR) is 91.0 cm³/mol. The monoisotopic (exact) mass is 324 g/mol. The molecule has 5 heteroatoms. The number of ether oxygens (including phenoxy) is 2. The minimum absolute atomic E-state index is 0.114. The third kappa shape index (κ3) is 5.65. The summed E-state index contributed by atoms with van der Waals surface area (Å²) in [7, 11) is 0. The van der Waals surface area contributed by atoms with Crippen LogP contribution in [0, 0.1) is 18.3 Å². The Morgan fingerprint density at radius 2 is 2.00 bits per heavy atom. The SMILES string of the molecule is Cc1cccc(OCCCNC(=O)COc2ccccc2C#N)c1. The molecule has 0 saturated carbocycles. The fourth-order valence-corrected chi connectivity index (χ4v) is 2.07. The van der Waals surface area contributed by atoms with Crippen LogP contribution in [0.1, 0.15) is 17.5 Å². The summed E-state index contributed by atoms with van der Waals surface area (Å²) in [5.74, 6) is 1.02. The number of carbonyl (C=O) groups is 1. The molecule has 0 aliphatic rings. The molecule has 0 atom stereocenters. The molecule has 0 saturated heterocycles. The van der Waals surface area contributed by atoms with Crippen molar-refractivity contribution in [3.05, 3.63) is 59.7 Å². The number of benzene rings is 2. The number of nitriles is 1. The van der Waals surface area contributed by atoms with E-state index in [0.29, 0.717) is 30.9 Å². The zero-order valence-electron chi connectivity index (χ0n) is 13.6. The van der Waals surface area contributed by atoms with Gasteiger partial charge in [0.15, 0.2) is 6.61 Å². The first kappa shape index (κ1) is 17.4. The van der Waals surface area contributed by atoms with Gasteiger partial charge >= 0.3 is 0 Å². The van der Waals surface area contributed by atoms with Crippen LogP contribution in [0.5, 0.6) is 11.5 Å². The number of hydrogen-bond acceptors (Lipinski definition) is 4. The Morgan fingerprint density at radius 3 is 2.79 bits per heavy atom. The first-order valence-electron chi connectivity index (χ1n) is 7.77. The van der Waals surface area contributed by atoms with Crippen LogP contribution in [0.4, 0.5) is 0 Å². The molecule has 0 aromatic heterocycles. The number of amides is 1. The van der Waals surface area contributed by atoms with Crippen molar-refractivity contribution in [2.45, 2.75) is 13.3 Å². The second-order valence-corrected chi connectivity index (χ2v) is 5.27. The van der Waals surface area contributed by atoms with Gasteiger partial charge in [0.05, 0.1) is 12.2 Å². The molecule has 5 nitrogen and oxygen atoms in total. The number of hydrogen-bond donors (Lipinski definition) is 1. The number of aryl methyl sites for hydroxylation is 1. The number of carbonyl (C=O) groups excluding carboxylic acids is 1. The summed E-state index contributed by atoms with van der Waals surface area (Å²) in [4.78, 5) is 11.7. The highest BCUT2D eigenvalue weighted by Gasteiger charge is 2.05. The highest BCUT2D eigenvalue weighted by atomic mass is 16.5.